The first-order valence-corrected chi connectivity index (χ1v) is 7.97. The van der Waals surface area contributed by atoms with Crippen molar-refractivity contribution in [3.8, 4) is 11.5 Å². The smallest absolute Gasteiger partial charge is 0.248 e. The summed E-state index contributed by atoms with van der Waals surface area (Å²) < 4.78 is 10.8. The zero-order valence-electron chi connectivity index (χ0n) is 13.9. The molecule has 2 aromatic rings. The lowest BCUT2D eigenvalue weighted by atomic mass is 10.1. The summed E-state index contributed by atoms with van der Waals surface area (Å²) in [7, 11) is 1.59. The number of anilines is 1. The highest BCUT2D eigenvalue weighted by atomic mass is 35.5. The molecule has 1 N–H and O–H groups in total. The van der Waals surface area contributed by atoms with Crippen molar-refractivity contribution < 1.29 is 14.3 Å². The average molecular weight is 346 g/mol. The van der Waals surface area contributed by atoms with Crippen molar-refractivity contribution >= 4 is 29.3 Å². The third-order valence-electron chi connectivity index (χ3n) is 3.37. The molecule has 2 rings (SSSR count). The molecule has 126 valence electrons. The second kappa shape index (κ2) is 8.41. The van der Waals surface area contributed by atoms with Crippen LogP contribution in [-0.2, 0) is 4.79 Å². The van der Waals surface area contributed by atoms with Gasteiger partial charge < -0.3 is 14.8 Å². The summed E-state index contributed by atoms with van der Waals surface area (Å²) >= 11 is 5.95. The highest BCUT2D eigenvalue weighted by Gasteiger charge is 2.05. The van der Waals surface area contributed by atoms with Crippen LogP contribution in [0, 0.1) is 6.92 Å². The van der Waals surface area contributed by atoms with Crippen LogP contribution in [0.4, 0.5) is 5.69 Å². The van der Waals surface area contributed by atoms with Crippen molar-refractivity contribution in [2.75, 3.05) is 19.0 Å². The Labute approximate surface area is 147 Å². The molecule has 0 aliphatic carbocycles. The van der Waals surface area contributed by atoms with E-state index >= 15 is 0 Å². The highest BCUT2D eigenvalue weighted by molar-refractivity contribution is 6.31. The summed E-state index contributed by atoms with van der Waals surface area (Å²) in [5.74, 6) is 1.08. The molecule has 0 aromatic heterocycles. The third-order valence-corrected chi connectivity index (χ3v) is 3.61. The van der Waals surface area contributed by atoms with E-state index in [1.807, 2.05) is 38.1 Å². The number of halogens is 1. The van der Waals surface area contributed by atoms with Gasteiger partial charge in [0.1, 0.15) is 0 Å². The lowest BCUT2D eigenvalue weighted by Gasteiger charge is -2.09. The molecule has 5 heteroatoms. The Bertz CT molecular complexity index is 756. The Hall–Kier alpha value is -2.46. The quantitative estimate of drug-likeness (QED) is 0.771. The molecule has 0 fully saturated rings. The van der Waals surface area contributed by atoms with Gasteiger partial charge in [-0.1, -0.05) is 23.7 Å². The normalized spacial score (nSPS) is 10.7. The predicted octanol–water partition coefficient (Wildman–Crippen LogP) is 4.71. The number of benzene rings is 2. The number of amides is 1. The lowest BCUT2D eigenvalue weighted by Crippen LogP contribution is -2.08. The van der Waals surface area contributed by atoms with Gasteiger partial charge in [0.05, 0.1) is 13.7 Å². The summed E-state index contributed by atoms with van der Waals surface area (Å²) in [6.07, 6.45) is 3.19. The topological polar surface area (TPSA) is 47.6 Å². The maximum Gasteiger partial charge on any atom is 0.248 e. The van der Waals surface area contributed by atoms with Gasteiger partial charge in [0.25, 0.3) is 0 Å². The van der Waals surface area contributed by atoms with Crippen molar-refractivity contribution in [2.45, 2.75) is 13.8 Å². The minimum absolute atomic E-state index is 0.228. The van der Waals surface area contributed by atoms with E-state index in [0.717, 1.165) is 11.1 Å². The monoisotopic (exact) mass is 345 g/mol. The SMILES string of the molecule is CCOc1cc(/C=C/C(=O)Nc2cc(Cl)ccc2C)ccc1OC. The summed E-state index contributed by atoms with van der Waals surface area (Å²) in [6, 6.07) is 10.9. The first-order valence-electron chi connectivity index (χ1n) is 7.59. The van der Waals surface area contributed by atoms with E-state index in [1.165, 1.54) is 6.08 Å². The molecule has 4 nitrogen and oxygen atoms in total. The first-order chi connectivity index (χ1) is 11.5. The molecule has 1 amide bonds. The molecular weight excluding hydrogens is 326 g/mol. The Balaban J connectivity index is 2.11. The molecule has 0 aliphatic rings. The number of aryl methyl sites for hydroxylation is 1. The molecule has 2 aromatic carbocycles. The minimum atomic E-state index is -0.228. The van der Waals surface area contributed by atoms with Gasteiger partial charge in [-0.25, -0.2) is 0 Å². The van der Waals surface area contributed by atoms with Crippen LogP contribution in [0.15, 0.2) is 42.5 Å². The molecule has 0 saturated heterocycles. The van der Waals surface area contributed by atoms with Gasteiger partial charge in [0, 0.05) is 16.8 Å². The van der Waals surface area contributed by atoms with E-state index in [2.05, 4.69) is 5.32 Å². The van der Waals surface area contributed by atoms with E-state index in [4.69, 9.17) is 21.1 Å². The Morgan fingerprint density at radius 2 is 2.00 bits per heavy atom. The second-order valence-corrected chi connectivity index (χ2v) is 5.56. The number of methoxy groups -OCH3 is 1. The van der Waals surface area contributed by atoms with Crippen LogP contribution >= 0.6 is 11.6 Å². The molecule has 0 saturated carbocycles. The standard InChI is InChI=1S/C19H20ClNO3/c1-4-24-18-11-14(6-9-17(18)23-3)7-10-19(22)21-16-12-15(20)8-5-13(16)2/h5-12H,4H2,1-3H3,(H,21,22)/b10-7+. The van der Waals surface area contributed by atoms with Crippen LogP contribution in [0.25, 0.3) is 6.08 Å². The minimum Gasteiger partial charge on any atom is -0.493 e. The summed E-state index contributed by atoms with van der Waals surface area (Å²) in [6.45, 7) is 4.36. The number of rotatable bonds is 6. The number of carbonyl (C=O) groups excluding carboxylic acids is 1. The molecule has 24 heavy (non-hydrogen) atoms. The third kappa shape index (κ3) is 4.77. The predicted molar refractivity (Wildman–Crippen MR) is 98.0 cm³/mol. The van der Waals surface area contributed by atoms with Crippen molar-refractivity contribution in [3.05, 3.63) is 58.6 Å². The van der Waals surface area contributed by atoms with Gasteiger partial charge in [-0.05, 0) is 55.3 Å². The van der Waals surface area contributed by atoms with Crippen molar-refractivity contribution in [1.29, 1.82) is 0 Å². The van der Waals surface area contributed by atoms with E-state index < -0.39 is 0 Å². The molecule has 0 unspecified atom stereocenters. The number of hydrogen-bond donors (Lipinski definition) is 1. The number of nitrogens with one attached hydrogen (secondary N) is 1. The molecule has 0 aliphatic heterocycles. The summed E-state index contributed by atoms with van der Waals surface area (Å²) in [5, 5.41) is 3.40. The number of carbonyl (C=O) groups is 1. The fourth-order valence-corrected chi connectivity index (χ4v) is 2.31. The van der Waals surface area contributed by atoms with Crippen LogP contribution in [0.2, 0.25) is 5.02 Å². The molecule has 0 radical (unpaired) electrons. The van der Waals surface area contributed by atoms with Crippen LogP contribution in [0.1, 0.15) is 18.1 Å². The Morgan fingerprint density at radius 1 is 1.21 bits per heavy atom. The molecule has 0 spiro atoms. The first kappa shape index (κ1) is 17.9. The molecule has 0 bridgehead atoms. The van der Waals surface area contributed by atoms with E-state index in [9.17, 15) is 4.79 Å². The number of ether oxygens (including phenoxy) is 2. The maximum absolute atomic E-state index is 12.1. The van der Waals surface area contributed by atoms with E-state index in [0.29, 0.717) is 28.8 Å². The largest absolute Gasteiger partial charge is 0.493 e. The van der Waals surface area contributed by atoms with Gasteiger partial charge in [0.15, 0.2) is 11.5 Å². The van der Waals surface area contributed by atoms with Crippen LogP contribution in [-0.4, -0.2) is 19.6 Å². The average Bonchev–Trinajstić information content (AvgIpc) is 2.57. The lowest BCUT2D eigenvalue weighted by molar-refractivity contribution is -0.111. The Morgan fingerprint density at radius 3 is 2.71 bits per heavy atom. The summed E-state index contributed by atoms with van der Waals surface area (Å²) in [4.78, 5) is 12.1. The van der Waals surface area contributed by atoms with Gasteiger partial charge in [-0.3, -0.25) is 4.79 Å². The zero-order valence-corrected chi connectivity index (χ0v) is 14.7. The highest BCUT2D eigenvalue weighted by Crippen LogP contribution is 2.28. The van der Waals surface area contributed by atoms with Gasteiger partial charge in [-0.2, -0.15) is 0 Å². The van der Waals surface area contributed by atoms with Gasteiger partial charge in [-0.15, -0.1) is 0 Å². The molecular formula is C19H20ClNO3. The van der Waals surface area contributed by atoms with Crippen LogP contribution < -0.4 is 14.8 Å². The fourth-order valence-electron chi connectivity index (χ4n) is 2.14. The second-order valence-electron chi connectivity index (χ2n) is 5.13. The Kier molecular flexibility index (Phi) is 6.27. The van der Waals surface area contributed by atoms with Crippen LogP contribution in [0.5, 0.6) is 11.5 Å². The zero-order chi connectivity index (χ0) is 17.5. The summed E-state index contributed by atoms with van der Waals surface area (Å²) in [5.41, 5.74) is 2.49. The van der Waals surface area contributed by atoms with Crippen molar-refractivity contribution in [1.82, 2.24) is 0 Å². The maximum atomic E-state index is 12.1. The van der Waals surface area contributed by atoms with E-state index in [-0.39, 0.29) is 5.91 Å². The molecule has 0 heterocycles. The van der Waals surface area contributed by atoms with Gasteiger partial charge in [0.2, 0.25) is 5.91 Å². The van der Waals surface area contributed by atoms with Crippen LogP contribution in [0.3, 0.4) is 0 Å². The number of hydrogen-bond acceptors (Lipinski definition) is 3. The fraction of sp³-hybridized carbons (Fsp3) is 0.211. The van der Waals surface area contributed by atoms with Crippen molar-refractivity contribution in [3.63, 3.8) is 0 Å². The van der Waals surface area contributed by atoms with Gasteiger partial charge >= 0.3 is 0 Å². The van der Waals surface area contributed by atoms with Crippen molar-refractivity contribution in [2.24, 2.45) is 0 Å². The van der Waals surface area contributed by atoms with E-state index in [1.54, 1.807) is 25.3 Å². The molecule has 0 atom stereocenters.